The van der Waals surface area contributed by atoms with Crippen LogP contribution in [0.1, 0.15) is 47.7 Å². The van der Waals surface area contributed by atoms with Gasteiger partial charge in [0.05, 0.1) is 10.5 Å². The number of aryl methyl sites for hydroxylation is 1. The average Bonchev–Trinajstić information content (AvgIpc) is 3.23. The maximum atomic E-state index is 13.0. The summed E-state index contributed by atoms with van der Waals surface area (Å²) in [4.78, 5) is 27.5. The van der Waals surface area contributed by atoms with E-state index in [1.165, 1.54) is 16.4 Å². The lowest BCUT2D eigenvalue weighted by atomic mass is 10.1. The summed E-state index contributed by atoms with van der Waals surface area (Å²) in [5.41, 5.74) is 2.68. The minimum Gasteiger partial charge on any atom is -0.449 e. The van der Waals surface area contributed by atoms with Crippen LogP contribution in [0.15, 0.2) is 47.4 Å². The molecule has 0 spiro atoms. The number of hydrogen-bond acceptors (Lipinski definition) is 5. The maximum Gasteiger partial charge on any atom is 0.339 e. The largest absolute Gasteiger partial charge is 0.449 e. The van der Waals surface area contributed by atoms with Crippen LogP contribution in [0.2, 0.25) is 0 Å². The molecule has 1 amide bonds. The summed E-state index contributed by atoms with van der Waals surface area (Å²) in [5.74, 6) is -0.996. The number of amides is 1. The molecule has 2 heterocycles. The Kier molecular flexibility index (Phi) is 6.35. The Morgan fingerprint density at radius 3 is 2.47 bits per heavy atom. The Hall–Kier alpha value is -2.71. The molecule has 170 valence electrons. The zero-order chi connectivity index (χ0) is 22.9. The summed E-state index contributed by atoms with van der Waals surface area (Å²) >= 11 is 0. The second kappa shape index (κ2) is 9.03. The number of para-hydroxylation sites is 1. The van der Waals surface area contributed by atoms with Gasteiger partial charge in [-0.15, -0.1) is 0 Å². The van der Waals surface area contributed by atoms with Gasteiger partial charge in [-0.25, -0.2) is 13.2 Å². The van der Waals surface area contributed by atoms with Crippen molar-refractivity contribution in [3.8, 4) is 0 Å². The van der Waals surface area contributed by atoms with Crippen molar-refractivity contribution in [1.82, 2.24) is 4.31 Å². The maximum absolute atomic E-state index is 13.0. The Morgan fingerprint density at radius 2 is 1.72 bits per heavy atom. The summed E-state index contributed by atoms with van der Waals surface area (Å²) in [7, 11) is -3.68. The third-order valence-electron chi connectivity index (χ3n) is 6.17. The van der Waals surface area contributed by atoms with E-state index in [4.69, 9.17) is 4.74 Å². The van der Waals surface area contributed by atoms with E-state index < -0.39 is 22.1 Å². The molecule has 2 aliphatic rings. The fraction of sp³-hybridized carbons (Fsp3) is 0.417. The smallest absolute Gasteiger partial charge is 0.339 e. The van der Waals surface area contributed by atoms with Gasteiger partial charge in [0.1, 0.15) is 0 Å². The van der Waals surface area contributed by atoms with Crippen LogP contribution in [0.25, 0.3) is 0 Å². The predicted molar refractivity (Wildman–Crippen MR) is 121 cm³/mol. The van der Waals surface area contributed by atoms with Crippen molar-refractivity contribution in [3.63, 3.8) is 0 Å². The van der Waals surface area contributed by atoms with E-state index in [1.54, 1.807) is 24.8 Å². The highest BCUT2D eigenvalue weighted by molar-refractivity contribution is 7.89. The van der Waals surface area contributed by atoms with Gasteiger partial charge in [-0.3, -0.25) is 4.79 Å². The number of sulfonamides is 1. The van der Waals surface area contributed by atoms with Gasteiger partial charge >= 0.3 is 5.97 Å². The molecule has 1 atom stereocenters. The molecule has 0 aliphatic carbocycles. The quantitative estimate of drug-likeness (QED) is 0.645. The van der Waals surface area contributed by atoms with Crippen LogP contribution in [0.4, 0.5) is 5.69 Å². The van der Waals surface area contributed by atoms with Crippen LogP contribution >= 0.6 is 0 Å². The molecular formula is C24H28N2O5S. The third kappa shape index (κ3) is 4.29. The average molecular weight is 457 g/mol. The minimum absolute atomic E-state index is 0.0735. The van der Waals surface area contributed by atoms with Gasteiger partial charge in [-0.05, 0) is 62.4 Å². The van der Waals surface area contributed by atoms with Crippen LogP contribution in [0.5, 0.6) is 0 Å². The lowest BCUT2D eigenvalue weighted by Gasteiger charge is -2.26. The summed E-state index contributed by atoms with van der Waals surface area (Å²) in [6, 6.07) is 12.2. The molecule has 0 unspecified atom stereocenters. The Labute approximate surface area is 189 Å². The fourth-order valence-electron chi connectivity index (χ4n) is 4.30. The SMILES string of the molecule is Cc1ccc(S(=O)(=O)N2CCCCC2)cc1C(=O)O[C@H](C)C(=O)N1CCc2ccccc21. The van der Waals surface area contributed by atoms with E-state index in [0.29, 0.717) is 25.2 Å². The molecule has 2 aromatic carbocycles. The lowest BCUT2D eigenvalue weighted by molar-refractivity contribution is -0.126. The van der Waals surface area contributed by atoms with Gasteiger partial charge in [0.2, 0.25) is 10.0 Å². The summed E-state index contributed by atoms with van der Waals surface area (Å²) < 4.78 is 33.0. The number of anilines is 1. The number of benzene rings is 2. The van der Waals surface area contributed by atoms with E-state index >= 15 is 0 Å². The zero-order valence-electron chi connectivity index (χ0n) is 18.4. The molecule has 0 saturated carbocycles. The Morgan fingerprint density at radius 1 is 1.00 bits per heavy atom. The van der Waals surface area contributed by atoms with Gasteiger partial charge < -0.3 is 9.64 Å². The predicted octanol–water partition coefficient (Wildman–Crippen LogP) is 3.30. The highest BCUT2D eigenvalue weighted by Gasteiger charge is 2.31. The molecule has 0 N–H and O–H groups in total. The first-order valence-corrected chi connectivity index (χ1v) is 12.4. The second-order valence-corrected chi connectivity index (χ2v) is 10.3. The first-order valence-electron chi connectivity index (χ1n) is 11.0. The first kappa shape index (κ1) is 22.5. The van der Waals surface area contributed by atoms with Crippen molar-refractivity contribution in [1.29, 1.82) is 0 Å². The van der Waals surface area contributed by atoms with Crippen molar-refractivity contribution in [3.05, 3.63) is 59.2 Å². The van der Waals surface area contributed by atoms with Crippen LogP contribution in [0.3, 0.4) is 0 Å². The number of esters is 1. The number of piperidine rings is 1. The van der Waals surface area contributed by atoms with Crippen LogP contribution < -0.4 is 4.90 Å². The Bertz CT molecular complexity index is 1140. The molecule has 7 nitrogen and oxygen atoms in total. The van der Waals surface area contributed by atoms with E-state index in [-0.39, 0.29) is 16.4 Å². The van der Waals surface area contributed by atoms with E-state index in [1.807, 2.05) is 24.3 Å². The summed E-state index contributed by atoms with van der Waals surface area (Å²) in [6.45, 7) is 4.78. The summed E-state index contributed by atoms with van der Waals surface area (Å²) in [5, 5.41) is 0. The van der Waals surface area contributed by atoms with Crippen LogP contribution in [-0.2, 0) is 26.0 Å². The van der Waals surface area contributed by atoms with Gasteiger partial charge in [-0.2, -0.15) is 4.31 Å². The monoisotopic (exact) mass is 456 g/mol. The number of carbonyl (C=O) groups excluding carboxylic acids is 2. The molecule has 1 fully saturated rings. The second-order valence-electron chi connectivity index (χ2n) is 8.36. The number of fused-ring (bicyclic) bond motifs is 1. The molecule has 2 aliphatic heterocycles. The number of nitrogens with zero attached hydrogens (tertiary/aromatic N) is 2. The molecular weight excluding hydrogens is 428 g/mol. The highest BCUT2D eigenvalue weighted by atomic mass is 32.2. The molecule has 8 heteroatoms. The molecule has 2 aromatic rings. The number of ether oxygens (including phenoxy) is 1. The van der Waals surface area contributed by atoms with E-state index in [0.717, 1.165) is 36.9 Å². The molecule has 1 saturated heterocycles. The highest BCUT2D eigenvalue weighted by Crippen LogP contribution is 2.29. The number of carbonyl (C=O) groups is 2. The van der Waals surface area contributed by atoms with Gasteiger partial charge in [-0.1, -0.05) is 30.7 Å². The Balaban J connectivity index is 1.51. The fourth-order valence-corrected chi connectivity index (χ4v) is 5.84. The topological polar surface area (TPSA) is 84.0 Å². The van der Waals surface area contributed by atoms with E-state index in [9.17, 15) is 18.0 Å². The van der Waals surface area contributed by atoms with Gasteiger partial charge in [0.25, 0.3) is 5.91 Å². The molecule has 0 bridgehead atoms. The number of rotatable bonds is 5. The minimum atomic E-state index is -3.68. The molecule has 4 rings (SSSR count). The van der Waals surface area contributed by atoms with Crippen molar-refractivity contribution >= 4 is 27.6 Å². The van der Waals surface area contributed by atoms with Crippen molar-refractivity contribution < 1.29 is 22.7 Å². The van der Waals surface area contributed by atoms with Crippen molar-refractivity contribution in [2.75, 3.05) is 24.5 Å². The van der Waals surface area contributed by atoms with Crippen LogP contribution in [-0.4, -0.2) is 50.3 Å². The standard InChI is InChI=1S/C24H28N2O5S/c1-17-10-11-20(32(29,30)25-13-6-3-7-14-25)16-21(17)24(28)31-18(2)23(27)26-15-12-19-8-4-5-9-22(19)26/h4-5,8-11,16,18H,3,6-7,12-15H2,1-2H3/t18-/m1/s1. The van der Waals surface area contributed by atoms with Crippen molar-refractivity contribution in [2.24, 2.45) is 0 Å². The zero-order valence-corrected chi connectivity index (χ0v) is 19.2. The lowest BCUT2D eigenvalue weighted by Crippen LogP contribution is -2.39. The third-order valence-corrected chi connectivity index (χ3v) is 8.06. The number of hydrogen-bond donors (Lipinski definition) is 0. The molecule has 0 radical (unpaired) electrons. The van der Waals surface area contributed by atoms with E-state index in [2.05, 4.69) is 0 Å². The molecule has 0 aromatic heterocycles. The van der Waals surface area contributed by atoms with Crippen LogP contribution in [0, 0.1) is 6.92 Å². The first-order chi connectivity index (χ1) is 15.3. The summed E-state index contributed by atoms with van der Waals surface area (Å²) in [6.07, 6.45) is 2.46. The van der Waals surface area contributed by atoms with Gasteiger partial charge in [0.15, 0.2) is 6.10 Å². The van der Waals surface area contributed by atoms with Gasteiger partial charge in [0, 0.05) is 25.3 Å². The normalized spacial score (nSPS) is 17.6. The van der Waals surface area contributed by atoms with Crippen molar-refractivity contribution in [2.45, 2.75) is 50.5 Å². The molecule has 32 heavy (non-hydrogen) atoms.